The summed E-state index contributed by atoms with van der Waals surface area (Å²) in [5.74, 6) is -69.6. The van der Waals surface area contributed by atoms with Gasteiger partial charge in [0.25, 0.3) is 0 Å². The fraction of sp³-hybridized carbons (Fsp3) is 0.0233. The van der Waals surface area contributed by atoms with Crippen LogP contribution in [0, 0.1) is 116 Å². The van der Waals surface area contributed by atoms with Gasteiger partial charge in [-0.3, -0.25) is 0 Å². The summed E-state index contributed by atoms with van der Waals surface area (Å²) in [6, 6.07) is 29.7. The van der Waals surface area contributed by atoms with Crippen LogP contribution >= 0.6 is 0 Å². The number of halogens is 20. The predicted octanol–water partition coefficient (Wildman–Crippen LogP) is 10.6. The van der Waals surface area contributed by atoms with Crippen molar-refractivity contribution in [1.82, 2.24) is 0 Å². The van der Waals surface area contributed by atoms with Crippen molar-refractivity contribution in [3.05, 3.63) is 201 Å². The molecule has 0 unspecified atom stereocenters. The van der Waals surface area contributed by atoms with Gasteiger partial charge in [0, 0.05) is 0 Å². The van der Waals surface area contributed by atoms with Gasteiger partial charge in [-0.25, -0.2) is 0 Å². The van der Waals surface area contributed by atoms with Crippen molar-refractivity contribution in [2.75, 3.05) is 7.11 Å². The van der Waals surface area contributed by atoms with Crippen LogP contribution in [-0.2, 0) is 10.9 Å². The van der Waals surface area contributed by atoms with Crippen molar-refractivity contribution in [3.8, 4) is 5.75 Å². The molecule has 0 radical (unpaired) electrons. The average molecular weight is 1030 g/mol. The van der Waals surface area contributed by atoms with E-state index in [1.807, 2.05) is 12.1 Å². The Bertz CT molecular complexity index is 2590. The average Bonchev–Trinajstić information content (AvgIpc) is 3.32. The van der Waals surface area contributed by atoms with Gasteiger partial charge in [0.1, 0.15) is 5.75 Å². The van der Waals surface area contributed by atoms with Crippen LogP contribution in [0.1, 0.15) is 0 Å². The summed E-state index contributed by atoms with van der Waals surface area (Å²) in [7, 11) is 1.62. The molecule has 0 aliphatic carbocycles. The van der Waals surface area contributed by atoms with Crippen molar-refractivity contribution in [1.29, 1.82) is 0 Å². The van der Waals surface area contributed by atoms with Crippen LogP contribution in [0.4, 0.5) is 87.8 Å². The van der Waals surface area contributed by atoms with Crippen molar-refractivity contribution < 1.29 is 92.5 Å². The zero-order chi connectivity index (χ0) is 48.8. The standard InChI is InChI=1S/C19H17OS.4C6F5.Ga/c1-20-16-12-14-19(15-13-16)21(17-8-4-2-5-9-17)18-10-6-3-7-11-18;4*7-2-1-3(8)5(10)6(11)4(2)9;/h2-15H,1H3;;;;;/q+1;;;;;-1. The molecule has 7 rings (SSSR count). The van der Waals surface area contributed by atoms with E-state index in [2.05, 4.69) is 72.8 Å². The predicted molar refractivity (Wildman–Crippen MR) is 197 cm³/mol. The summed E-state index contributed by atoms with van der Waals surface area (Å²) < 4.78 is 286. The molecular formula is C43H17F20GaOS. The molecule has 0 saturated carbocycles. The molecule has 344 valence electrons. The Morgan fingerprint density at radius 1 is 0.273 bits per heavy atom. The molecule has 7 aromatic carbocycles. The van der Waals surface area contributed by atoms with Gasteiger partial charge in [0.2, 0.25) is 0 Å². The molecule has 0 N–H and O–H groups in total. The van der Waals surface area contributed by atoms with Crippen molar-refractivity contribution in [2.24, 2.45) is 0 Å². The number of methoxy groups -OCH3 is 1. The molecule has 0 bridgehead atoms. The monoisotopic (exact) mass is 1030 g/mol. The molecule has 66 heavy (non-hydrogen) atoms. The van der Waals surface area contributed by atoms with E-state index in [0.29, 0.717) is 0 Å². The molecule has 0 aromatic heterocycles. The summed E-state index contributed by atoms with van der Waals surface area (Å²) in [4.78, 5) is 3.95. The van der Waals surface area contributed by atoms with Crippen molar-refractivity contribution in [3.63, 3.8) is 0 Å². The van der Waals surface area contributed by atoms with Gasteiger partial charge in [0.05, 0.1) is 18.0 Å². The molecule has 1 nitrogen and oxygen atoms in total. The van der Waals surface area contributed by atoms with Crippen LogP contribution in [-0.4, -0.2) is 22.1 Å². The molecule has 0 atom stereocenters. The minimum absolute atomic E-state index is 0.0804. The summed E-state index contributed by atoms with van der Waals surface area (Å²) >= 11 is -9.74. The Balaban J connectivity index is 0.000000284. The molecule has 7 aromatic rings. The number of benzene rings is 7. The summed E-state index contributed by atoms with van der Waals surface area (Å²) in [5.41, 5.74) is 0. The van der Waals surface area contributed by atoms with Crippen LogP contribution in [0.25, 0.3) is 0 Å². The van der Waals surface area contributed by atoms with Gasteiger partial charge in [-0.2, -0.15) is 0 Å². The van der Waals surface area contributed by atoms with E-state index < -0.39 is 148 Å². The number of rotatable bonds is 8. The zero-order valence-corrected chi connectivity index (χ0v) is 35.3. The van der Waals surface area contributed by atoms with E-state index in [1.54, 1.807) is 7.11 Å². The molecule has 0 spiro atoms. The van der Waals surface area contributed by atoms with Gasteiger partial charge >= 0.3 is 236 Å². The molecular weight excluding hydrogens is 1010 g/mol. The van der Waals surface area contributed by atoms with Crippen molar-refractivity contribution >= 4 is 42.4 Å². The topological polar surface area (TPSA) is 9.23 Å². The normalized spacial score (nSPS) is 11.5. The second-order valence-corrected chi connectivity index (χ2v) is 23.9. The van der Waals surface area contributed by atoms with E-state index >= 15 is 35.1 Å². The van der Waals surface area contributed by atoms with Crippen LogP contribution in [0.3, 0.4) is 0 Å². The molecule has 0 aliphatic heterocycles. The molecule has 0 saturated heterocycles. The van der Waals surface area contributed by atoms with Gasteiger partial charge in [-0.1, -0.05) is 36.4 Å². The maximum atomic E-state index is 15.4. The maximum absolute atomic E-state index is 15.4. The molecule has 23 heteroatoms. The SMILES string of the molecule is COc1ccc([S+](c2ccccc2)c2ccccc2)cc1.Fc1c(F)c(F)[c]([Ga-]([c]2c(F)c(F)c(F)c(F)c2F)([c]2c(F)c(F)c(F)c(F)c2F)[c]2c(F)c(F)c(F)c(F)c2F)c(F)c1F. The quantitative estimate of drug-likeness (QED) is 0.0485. The Kier molecular flexibility index (Phi) is 14.2. The first-order chi connectivity index (χ1) is 31.1. The van der Waals surface area contributed by atoms with E-state index in [-0.39, 0.29) is 10.9 Å². The van der Waals surface area contributed by atoms with Gasteiger partial charge in [0.15, 0.2) is 14.7 Å². The first-order valence-corrected chi connectivity index (χ1v) is 23.9. The molecule has 0 fully saturated rings. The van der Waals surface area contributed by atoms with Gasteiger partial charge in [-0.05, 0) is 48.5 Å². The fourth-order valence-electron chi connectivity index (χ4n) is 7.11. The van der Waals surface area contributed by atoms with E-state index in [0.717, 1.165) is 5.75 Å². The first kappa shape index (κ1) is 49.4. The molecule has 0 heterocycles. The number of hydrogen-bond donors (Lipinski definition) is 0. The Morgan fingerprint density at radius 2 is 0.470 bits per heavy atom. The van der Waals surface area contributed by atoms with Crippen molar-refractivity contribution in [2.45, 2.75) is 14.7 Å². The minimum atomic E-state index is -9.74. The third-order valence-corrected chi connectivity index (χ3v) is 23.7. The van der Waals surface area contributed by atoms with Crippen LogP contribution in [0.5, 0.6) is 5.75 Å². The third-order valence-electron chi connectivity index (χ3n) is 9.96. The second kappa shape index (κ2) is 19.0. The Hall–Kier alpha value is -6.07. The van der Waals surface area contributed by atoms with E-state index in [1.165, 1.54) is 14.7 Å². The fourth-order valence-corrected chi connectivity index (χ4v) is 21.3. The summed E-state index contributed by atoms with van der Waals surface area (Å²) in [5, 5.41) is 0. The van der Waals surface area contributed by atoms with E-state index in [4.69, 9.17) is 4.74 Å². The second-order valence-electron chi connectivity index (χ2n) is 13.4. The number of hydrogen-bond acceptors (Lipinski definition) is 1. The molecule has 0 amide bonds. The van der Waals surface area contributed by atoms with Crippen LogP contribution in [0.15, 0.2) is 99.6 Å². The summed E-state index contributed by atoms with van der Waals surface area (Å²) in [6.45, 7) is 0. The van der Waals surface area contributed by atoms with Crippen LogP contribution < -0.4 is 21.2 Å². The van der Waals surface area contributed by atoms with Crippen LogP contribution in [0.2, 0.25) is 0 Å². The van der Waals surface area contributed by atoms with E-state index in [9.17, 15) is 52.7 Å². The van der Waals surface area contributed by atoms with Gasteiger partial charge in [-0.15, -0.1) is 0 Å². The molecule has 0 aliphatic rings. The first-order valence-electron chi connectivity index (χ1n) is 17.8. The Labute approximate surface area is 362 Å². The summed E-state index contributed by atoms with van der Waals surface area (Å²) in [6.07, 6.45) is 0. The van der Waals surface area contributed by atoms with Gasteiger partial charge < -0.3 is 4.74 Å². The zero-order valence-electron chi connectivity index (χ0n) is 32.0. The Morgan fingerprint density at radius 3 is 0.682 bits per heavy atom. The number of ether oxygens (including phenoxy) is 1. The third kappa shape index (κ3) is 7.92.